The Kier molecular flexibility index (Phi) is 5.75. The Bertz CT molecular complexity index is 1160. The van der Waals surface area contributed by atoms with E-state index in [-0.39, 0.29) is 30.9 Å². The third kappa shape index (κ3) is 4.83. The second-order valence-electron chi connectivity index (χ2n) is 7.62. The first-order chi connectivity index (χ1) is 15.9. The van der Waals surface area contributed by atoms with Crippen molar-refractivity contribution < 1.29 is 36.9 Å². The van der Waals surface area contributed by atoms with E-state index in [9.17, 15) is 18.0 Å². The highest BCUT2D eigenvalue weighted by Gasteiger charge is 2.35. The van der Waals surface area contributed by atoms with E-state index >= 15 is 0 Å². The van der Waals surface area contributed by atoms with Crippen LogP contribution in [-0.2, 0) is 9.53 Å². The summed E-state index contributed by atoms with van der Waals surface area (Å²) in [5.41, 5.74) is 0.459. The number of hydrogen-bond donors (Lipinski definition) is 0. The maximum atomic E-state index is 13.5. The summed E-state index contributed by atoms with van der Waals surface area (Å²) in [6.45, 7) is 0.902. The van der Waals surface area contributed by atoms with Crippen LogP contribution in [0.1, 0.15) is 12.8 Å². The van der Waals surface area contributed by atoms with E-state index in [1.54, 1.807) is 18.2 Å². The minimum atomic E-state index is -4.79. The molecule has 2 atom stereocenters. The van der Waals surface area contributed by atoms with E-state index in [1.165, 1.54) is 23.1 Å². The molecule has 5 rings (SSSR count). The molecule has 7 nitrogen and oxygen atoms in total. The smallest absolute Gasteiger partial charge is 0.485 e. The highest BCUT2D eigenvalue weighted by Crippen LogP contribution is 2.36. The van der Waals surface area contributed by atoms with Crippen molar-refractivity contribution in [2.75, 3.05) is 24.7 Å². The van der Waals surface area contributed by atoms with Gasteiger partial charge < -0.3 is 18.9 Å². The molecule has 1 amide bonds. The number of thiazole rings is 1. The summed E-state index contributed by atoms with van der Waals surface area (Å²) in [6, 6.07) is 11.0. The van der Waals surface area contributed by atoms with E-state index in [2.05, 4.69) is 9.72 Å². The van der Waals surface area contributed by atoms with Crippen molar-refractivity contribution in [1.29, 1.82) is 0 Å². The molecule has 1 saturated heterocycles. The molecule has 0 N–H and O–H groups in total. The van der Waals surface area contributed by atoms with Crippen molar-refractivity contribution in [1.82, 2.24) is 4.98 Å². The first-order valence-corrected chi connectivity index (χ1v) is 11.2. The predicted molar refractivity (Wildman–Crippen MR) is 114 cm³/mol. The van der Waals surface area contributed by atoms with Crippen LogP contribution in [0.3, 0.4) is 0 Å². The number of hydrogen-bond acceptors (Lipinski definition) is 7. The quantitative estimate of drug-likeness (QED) is 0.534. The van der Waals surface area contributed by atoms with Gasteiger partial charge in [0.05, 0.1) is 22.9 Å². The fraction of sp³-hybridized carbons (Fsp3) is 0.364. The van der Waals surface area contributed by atoms with Crippen LogP contribution in [0.25, 0.3) is 10.2 Å². The molecule has 0 saturated carbocycles. The van der Waals surface area contributed by atoms with Gasteiger partial charge in [-0.2, -0.15) is 0 Å². The largest absolute Gasteiger partial charge is 0.573 e. The summed E-state index contributed by atoms with van der Waals surface area (Å²) in [5.74, 6) is 0.329. The molecule has 0 bridgehead atoms. The number of anilines is 1. The van der Waals surface area contributed by atoms with Crippen LogP contribution in [0.4, 0.5) is 18.3 Å². The average Bonchev–Trinajstić information content (AvgIpc) is 3.45. The van der Waals surface area contributed by atoms with Gasteiger partial charge in [0.1, 0.15) is 12.4 Å². The fourth-order valence-electron chi connectivity index (χ4n) is 3.77. The number of ether oxygens (including phenoxy) is 4. The maximum absolute atomic E-state index is 13.5. The SMILES string of the molecule is O=C(C1COc2ccccc2O1)N(CC1CCCO1)c1nc2ccc(OC(F)(F)F)cc2s1. The van der Waals surface area contributed by atoms with Gasteiger partial charge in [0, 0.05) is 12.7 Å². The molecule has 33 heavy (non-hydrogen) atoms. The topological polar surface area (TPSA) is 70.1 Å². The average molecular weight is 480 g/mol. The van der Waals surface area contributed by atoms with Crippen molar-refractivity contribution in [3.05, 3.63) is 42.5 Å². The molecule has 3 heterocycles. The van der Waals surface area contributed by atoms with Crippen molar-refractivity contribution >= 4 is 32.6 Å². The first kappa shape index (κ1) is 21.8. The zero-order chi connectivity index (χ0) is 23.0. The van der Waals surface area contributed by atoms with Crippen molar-refractivity contribution in [3.63, 3.8) is 0 Å². The lowest BCUT2D eigenvalue weighted by molar-refractivity contribution is -0.274. The number of carbonyl (C=O) groups excluding carboxylic acids is 1. The van der Waals surface area contributed by atoms with Gasteiger partial charge in [0.15, 0.2) is 16.6 Å². The van der Waals surface area contributed by atoms with Crippen molar-refractivity contribution in [3.8, 4) is 17.2 Å². The summed E-state index contributed by atoms with van der Waals surface area (Å²) in [5, 5.41) is 0.345. The maximum Gasteiger partial charge on any atom is 0.573 e. The zero-order valence-corrected chi connectivity index (χ0v) is 18.0. The second-order valence-corrected chi connectivity index (χ2v) is 8.63. The van der Waals surface area contributed by atoms with E-state index in [4.69, 9.17) is 14.2 Å². The molecule has 0 aliphatic carbocycles. The van der Waals surface area contributed by atoms with Crippen LogP contribution < -0.4 is 19.1 Å². The first-order valence-electron chi connectivity index (χ1n) is 10.3. The van der Waals surface area contributed by atoms with Gasteiger partial charge in [0.25, 0.3) is 5.91 Å². The highest BCUT2D eigenvalue weighted by atomic mass is 32.1. The molecule has 2 unspecified atom stereocenters. The molecule has 174 valence electrons. The number of amides is 1. The summed E-state index contributed by atoms with van der Waals surface area (Å²) in [4.78, 5) is 19.5. The summed E-state index contributed by atoms with van der Waals surface area (Å²) >= 11 is 1.10. The number of para-hydroxylation sites is 2. The molecule has 2 aromatic carbocycles. The Morgan fingerprint density at radius 3 is 2.79 bits per heavy atom. The van der Waals surface area contributed by atoms with Crippen LogP contribution in [0, 0.1) is 0 Å². The molecule has 1 fully saturated rings. The normalized spacial score (nSPS) is 20.1. The molecule has 1 aromatic heterocycles. The van der Waals surface area contributed by atoms with Crippen molar-refractivity contribution in [2.45, 2.75) is 31.4 Å². The van der Waals surface area contributed by atoms with Crippen molar-refractivity contribution in [2.24, 2.45) is 0 Å². The molecule has 11 heteroatoms. The Morgan fingerprint density at radius 1 is 1.21 bits per heavy atom. The molecule has 0 spiro atoms. The van der Waals surface area contributed by atoms with Crippen LogP contribution in [0.5, 0.6) is 17.2 Å². The molecule has 2 aliphatic rings. The van der Waals surface area contributed by atoms with E-state index < -0.39 is 12.5 Å². The molecular formula is C22H19F3N2O5S. The minimum Gasteiger partial charge on any atom is -0.485 e. The predicted octanol–water partition coefficient (Wildman–Crippen LogP) is 4.55. The lowest BCUT2D eigenvalue weighted by Gasteiger charge is -2.30. The highest BCUT2D eigenvalue weighted by molar-refractivity contribution is 7.22. The zero-order valence-electron chi connectivity index (χ0n) is 17.2. The number of fused-ring (bicyclic) bond motifs is 2. The number of halogens is 3. The lowest BCUT2D eigenvalue weighted by Crippen LogP contribution is -2.48. The Morgan fingerprint density at radius 2 is 2.03 bits per heavy atom. The number of aromatic nitrogens is 1. The van der Waals surface area contributed by atoms with Gasteiger partial charge in [-0.25, -0.2) is 4.98 Å². The van der Waals surface area contributed by atoms with Gasteiger partial charge in [0.2, 0.25) is 6.10 Å². The fourth-order valence-corrected chi connectivity index (χ4v) is 4.78. The number of nitrogens with zero attached hydrogens (tertiary/aromatic N) is 2. The van der Waals surface area contributed by atoms with Crippen LogP contribution in [0.15, 0.2) is 42.5 Å². The van der Waals surface area contributed by atoms with E-state index in [0.717, 1.165) is 24.2 Å². The molecule has 2 aliphatic heterocycles. The van der Waals surface area contributed by atoms with Gasteiger partial charge in [-0.3, -0.25) is 9.69 Å². The summed E-state index contributed by atoms with van der Waals surface area (Å²) in [7, 11) is 0. The van der Waals surface area contributed by atoms with Gasteiger partial charge >= 0.3 is 6.36 Å². The summed E-state index contributed by atoms with van der Waals surface area (Å²) < 4.78 is 59.5. The van der Waals surface area contributed by atoms with Crippen LogP contribution >= 0.6 is 11.3 Å². The number of alkyl halides is 3. The molecule has 3 aromatic rings. The Balaban J connectivity index is 1.43. The standard InChI is InChI=1S/C22H19F3N2O5S/c23-22(24,25)32-13-7-8-15-19(10-13)33-21(26-15)27(11-14-4-3-9-29-14)20(28)18-12-30-16-5-1-2-6-17(16)31-18/h1-2,5-8,10,14,18H,3-4,9,11-12H2. The number of rotatable bonds is 5. The van der Waals surface area contributed by atoms with Crippen LogP contribution in [0.2, 0.25) is 0 Å². The second kappa shape index (κ2) is 8.71. The van der Waals surface area contributed by atoms with Gasteiger partial charge in [-0.1, -0.05) is 23.5 Å². The third-order valence-electron chi connectivity index (χ3n) is 5.27. The van der Waals surface area contributed by atoms with E-state index in [1.807, 2.05) is 6.07 Å². The Hall–Kier alpha value is -3.05. The minimum absolute atomic E-state index is 0.0341. The molecule has 0 radical (unpaired) electrons. The van der Waals surface area contributed by atoms with Gasteiger partial charge in [-0.15, -0.1) is 13.2 Å². The van der Waals surface area contributed by atoms with E-state index in [0.29, 0.717) is 33.5 Å². The lowest BCUT2D eigenvalue weighted by atomic mass is 10.2. The monoisotopic (exact) mass is 480 g/mol. The van der Waals surface area contributed by atoms with Crippen LogP contribution in [-0.4, -0.2) is 49.2 Å². The number of carbonyl (C=O) groups is 1. The van der Waals surface area contributed by atoms with Gasteiger partial charge in [-0.05, 0) is 37.1 Å². The Labute approximate surface area is 190 Å². The third-order valence-corrected chi connectivity index (χ3v) is 6.31. The number of benzene rings is 2. The molecular weight excluding hydrogens is 461 g/mol. The summed E-state index contributed by atoms with van der Waals surface area (Å²) in [6.07, 6.45) is -4.17.